The fourth-order valence-corrected chi connectivity index (χ4v) is 3.71. The minimum absolute atomic E-state index is 0.305. The number of rotatable bonds is 3. The summed E-state index contributed by atoms with van der Waals surface area (Å²) in [5, 5.41) is 0. The summed E-state index contributed by atoms with van der Waals surface area (Å²) < 4.78 is 1.18. The molecule has 0 radical (unpaired) electrons. The van der Waals surface area contributed by atoms with Crippen LogP contribution < -0.4 is 5.73 Å². The standard InChI is InChI=1S/C17H25BrN4/c1-20-10-8-17(21-9-4-6-15(19)12-21)22(13-20)11-14-5-2-3-7-16(14)18/h2-3,5,7-8,15H,4,6,9-13,19H2,1H3/t15-/m1/s1. The highest BCUT2D eigenvalue weighted by atomic mass is 79.9. The number of hydrogen-bond acceptors (Lipinski definition) is 4. The number of likely N-dealkylation sites (tertiary alicyclic amines) is 1. The lowest BCUT2D eigenvalue weighted by Crippen LogP contribution is -2.50. The second-order valence-electron chi connectivity index (χ2n) is 6.38. The van der Waals surface area contributed by atoms with Gasteiger partial charge >= 0.3 is 0 Å². The lowest BCUT2D eigenvalue weighted by molar-refractivity contribution is 0.104. The van der Waals surface area contributed by atoms with Crippen LogP contribution in [0.25, 0.3) is 0 Å². The molecule has 0 aliphatic carbocycles. The highest BCUT2D eigenvalue weighted by Gasteiger charge is 2.25. The molecule has 120 valence electrons. The Morgan fingerprint density at radius 2 is 2.14 bits per heavy atom. The smallest absolute Gasteiger partial charge is 0.102 e. The molecule has 0 bridgehead atoms. The predicted molar refractivity (Wildman–Crippen MR) is 94.0 cm³/mol. The van der Waals surface area contributed by atoms with Crippen molar-refractivity contribution in [1.29, 1.82) is 0 Å². The Morgan fingerprint density at radius 1 is 1.32 bits per heavy atom. The first-order valence-electron chi connectivity index (χ1n) is 8.01. The van der Waals surface area contributed by atoms with Crippen LogP contribution in [0.1, 0.15) is 18.4 Å². The number of benzene rings is 1. The van der Waals surface area contributed by atoms with Crippen LogP contribution in [0.2, 0.25) is 0 Å². The molecule has 1 aromatic carbocycles. The van der Waals surface area contributed by atoms with Crippen LogP contribution in [0, 0.1) is 0 Å². The largest absolute Gasteiger partial charge is 0.357 e. The van der Waals surface area contributed by atoms with E-state index in [0.29, 0.717) is 6.04 Å². The second kappa shape index (κ2) is 7.02. The molecule has 0 aromatic heterocycles. The van der Waals surface area contributed by atoms with E-state index in [9.17, 15) is 0 Å². The van der Waals surface area contributed by atoms with Gasteiger partial charge in [-0.3, -0.25) is 4.90 Å². The highest BCUT2D eigenvalue weighted by Crippen LogP contribution is 2.25. The third-order valence-corrected chi connectivity index (χ3v) is 5.20. The number of hydrogen-bond donors (Lipinski definition) is 1. The van der Waals surface area contributed by atoms with E-state index < -0.39 is 0 Å². The van der Waals surface area contributed by atoms with Gasteiger partial charge in [-0.2, -0.15) is 0 Å². The van der Waals surface area contributed by atoms with Crippen LogP contribution in [0.5, 0.6) is 0 Å². The molecule has 2 aliphatic rings. The van der Waals surface area contributed by atoms with Crippen molar-refractivity contribution < 1.29 is 0 Å². The number of nitrogens with zero attached hydrogens (tertiary/aromatic N) is 3. The molecule has 0 unspecified atom stereocenters. The SMILES string of the molecule is CN1CC=C(N2CCC[C@@H](N)C2)N(Cc2ccccc2Br)C1. The second-order valence-corrected chi connectivity index (χ2v) is 7.23. The van der Waals surface area contributed by atoms with Crippen molar-refractivity contribution in [2.45, 2.75) is 25.4 Å². The Hall–Kier alpha value is -1.04. The quantitative estimate of drug-likeness (QED) is 0.893. The van der Waals surface area contributed by atoms with Crippen molar-refractivity contribution in [2.75, 3.05) is 33.4 Å². The molecule has 4 nitrogen and oxygen atoms in total. The normalized spacial score (nSPS) is 23.6. The third kappa shape index (κ3) is 3.65. The number of likely N-dealkylation sites (N-methyl/N-ethyl adjacent to an activating group) is 1. The van der Waals surface area contributed by atoms with E-state index in [1.807, 2.05) is 0 Å². The Labute approximate surface area is 141 Å². The van der Waals surface area contributed by atoms with E-state index in [1.54, 1.807) is 0 Å². The maximum absolute atomic E-state index is 6.18. The van der Waals surface area contributed by atoms with Crippen molar-refractivity contribution in [2.24, 2.45) is 5.73 Å². The van der Waals surface area contributed by atoms with Gasteiger partial charge in [0.15, 0.2) is 0 Å². The zero-order chi connectivity index (χ0) is 15.5. The van der Waals surface area contributed by atoms with E-state index in [4.69, 9.17) is 5.73 Å². The van der Waals surface area contributed by atoms with Crippen molar-refractivity contribution in [1.82, 2.24) is 14.7 Å². The molecule has 3 rings (SSSR count). The van der Waals surface area contributed by atoms with Gasteiger partial charge in [0.2, 0.25) is 0 Å². The first-order valence-corrected chi connectivity index (χ1v) is 8.80. The summed E-state index contributed by atoms with van der Waals surface area (Å²) in [6.07, 6.45) is 4.68. The highest BCUT2D eigenvalue weighted by molar-refractivity contribution is 9.10. The van der Waals surface area contributed by atoms with Crippen molar-refractivity contribution in [3.05, 3.63) is 46.2 Å². The Balaban J connectivity index is 1.79. The van der Waals surface area contributed by atoms with Crippen molar-refractivity contribution in [3.63, 3.8) is 0 Å². The summed E-state index contributed by atoms with van der Waals surface area (Å²) in [7, 11) is 2.17. The van der Waals surface area contributed by atoms with Gasteiger partial charge < -0.3 is 15.5 Å². The molecule has 2 heterocycles. The molecule has 2 N–H and O–H groups in total. The summed E-state index contributed by atoms with van der Waals surface area (Å²) >= 11 is 3.67. The predicted octanol–water partition coefficient (Wildman–Crippen LogP) is 2.42. The van der Waals surface area contributed by atoms with E-state index >= 15 is 0 Å². The molecule has 0 amide bonds. The van der Waals surface area contributed by atoms with Crippen LogP contribution in [0.4, 0.5) is 0 Å². The molecule has 0 saturated carbocycles. The average Bonchev–Trinajstić information content (AvgIpc) is 2.50. The fourth-order valence-electron chi connectivity index (χ4n) is 3.30. The van der Waals surface area contributed by atoms with Crippen LogP contribution in [-0.2, 0) is 6.54 Å². The Morgan fingerprint density at radius 3 is 2.91 bits per heavy atom. The van der Waals surface area contributed by atoms with Gasteiger partial charge in [-0.05, 0) is 37.6 Å². The van der Waals surface area contributed by atoms with Crippen molar-refractivity contribution >= 4 is 15.9 Å². The van der Waals surface area contributed by atoms with Gasteiger partial charge in [-0.25, -0.2) is 0 Å². The van der Waals surface area contributed by atoms with Gasteiger partial charge in [0.25, 0.3) is 0 Å². The molecule has 1 aromatic rings. The number of nitrogens with two attached hydrogens (primary N) is 1. The molecule has 5 heteroatoms. The van der Waals surface area contributed by atoms with Gasteiger partial charge in [-0.1, -0.05) is 34.1 Å². The molecule has 1 saturated heterocycles. The summed E-state index contributed by atoms with van der Waals surface area (Å²) in [6, 6.07) is 8.78. The Kier molecular flexibility index (Phi) is 5.06. The van der Waals surface area contributed by atoms with E-state index in [0.717, 1.165) is 39.3 Å². The molecule has 1 atom stereocenters. The topological polar surface area (TPSA) is 35.7 Å². The lowest BCUT2D eigenvalue weighted by atomic mass is 10.1. The molecule has 22 heavy (non-hydrogen) atoms. The maximum atomic E-state index is 6.18. The van der Waals surface area contributed by atoms with E-state index in [2.05, 4.69) is 68.0 Å². The van der Waals surface area contributed by atoms with Gasteiger partial charge in [0, 0.05) is 36.7 Å². The monoisotopic (exact) mass is 364 g/mol. The van der Waals surface area contributed by atoms with Crippen LogP contribution in [-0.4, -0.2) is 54.1 Å². The van der Waals surface area contributed by atoms with Crippen LogP contribution >= 0.6 is 15.9 Å². The zero-order valence-corrected chi connectivity index (χ0v) is 14.8. The van der Waals surface area contributed by atoms with Gasteiger partial charge in [0.05, 0.1) is 6.67 Å². The summed E-state index contributed by atoms with van der Waals surface area (Å²) in [5.74, 6) is 1.35. The van der Waals surface area contributed by atoms with Gasteiger partial charge in [0.1, 0.15) is 5.82 Å². The summed E-state index contributed by atoms with van der Waals surface area (Å²) in [5.41, 5.74) is 7.50. The Bertz CT molecular complexity index is 545. The fraction of sp³-hybridized carbons (Fsp3) is 0.529. The van der Waals surface area contributed by atoms with Crippen LogP contribution in [0.3, 0.4) is 0 Å². The van der Waals surface area contributed by atoms with Crippen molar-refractivity contribution in [3.8, 4) is 0 Å². The average molecular weight is 365 g/mol. The first kappa shape index (κ1) is 15.8. The molecule has 1 fully saturated rings. The van der Waals surface area contributed by atoms with Crippen LogP contribution in [0.15, 0.2) is 40.6 Å². The molecule has 2 aliphatic heterocycles. The van der Waals surface area contributed by atoms with Gasteiger partial charge in [-0.15, -0.1) is 0 Å². The van der Waals surface area contributed by atoms with E-state index in [-0.39, 0.29) is 0 Å². The minimum atomic E-state index is 0.305. The third-order valence-electron chi connectivity index (χ3n) is 4.42. The first-order chi connectivity index (χ1) is 10.6. The van der Waals surface area contributed by atoms with E-state index in [1.165, 1.54) is 22.3 Å². The number of piperidine rings is 1. The summed E-state index contributed by atoms with van der Waals surface area (Å²) in [4.78, 5) is 7.27. The maximum Gasteiger partial charge on any atom is 0.102 e. The number of halogens is 1. The molecular formula is C17H25BrN4. The zero-order valence-electron chi connectivity index (χ0n) is 13.2. The molecule has 0 spiro atoms. The molecular weight excluding hydrogens is 340 g/mol. The minimum Gasteiger partial charge on any atom is -0.357 e. The summed E-state index contributed by atoms with van der Waals surface area (Å²) in [6.45, 7) is 4.98. The lowest BCUT2D eigenvalue weighted by Gasteiger charge is -2.43.